The van der Waals surface area contributed by atoms with Crippen LogP contribution in [-0.4, -0.2) is 45.9 Å². The van der Waals surface area contributed by atoms with E-state index in [1.165, 1.54) is 5.56 Å². The molecule has 3 heterocycles. The minimum Gasteiger partial charge on any atom is -0.368 e. The summed E-state index contributed by atoms with van der Waals surface area (Å²) < 4.78 is 1.94. The first-order valence-electron chi connectivity index (χ1n) is 8.20. The second-order valence-electron chi connectivity index (χ2n) is 6.16. The van der Waals surface area contributed by atoms with Gasteiger partial charge in [0.2, 0.25) is 5.95 Å². The molecule has 3 N–H and O–H groups in total. The number of benzene rings is 1. The molecule has 3 aromatic rings. The third kappa shape index (κ3) is 2.78. The predicted octanol–water partition coefficient (Wildman–Crippen LogP) is 1.06. The Balaban J connectivity index is 1.58. The smallest absolute Gasteiger partial charge is 0.222 e. The topological polar surface area (TPSA) is 84.9 Å². The number of nitrogen functional groups attached to an aromatic ring is 1. The van der Waals surface area contributed by atoms with Crippen molar-refractivity contribution < 1.29 is 0 Å². The van der Waals surface area contributed by atoms with E-state index < -0.39 is 0 Å². The summed E-state index contributed by atoms with van der Waals surface area (Å²) in [6, 6.07) is 10.9. The van der Waals surface area contributed by atoms with Gasteiger partial charge in [0.25, 0.3) is 0 Å². The van der Waals surface area contributed by atoms with E-state index in [4.69, 9.17) is 10.8 Å². The molecule has 0 spiro atoms. The second kappa shape index (κ2) is 6.09. The van der Waals surface area contributed by atoms with Gasteiger partial charge in [-0.05, 0) is 19.0 Å². The molecular formula is C17H21N7. The molecule has 7 nitrogen and oxygen atoms in total. The maximum absolute atomic E-state index is 5.88. The number of likely N-dealkylation sites (N-methyl/N-ethyl adjacent to an activating group) is 1. The molecule has 124 valence electrons. The van der Waals surface area contributed by atoms with Crippen LogP contribution in [0, 0.1) is 0 Å². The molecule has 1 aliphatic rings. The SMILES string of the molecule is CNC1CN(c2nc(N)nc3cn(CCc4ccccc4)nc23)C1. The van der Waals surface area contributed by atoms with E-state index in [1.54, 1.807) is 0 Å². The lowest BCUT2D eigenvalue weighted by Gasteiger charge is -2.39. The number of nitrogens with two attached hydrogens (primary N) is 1. The Morgan fingerprint density at radius 2 is 2.00 bits per heavy atom. The summed E-state index contributed by atoms with van der Waals surface area (Å²) in [7, 11) is 1.98. The standard InChI is InChI=1S/C17H21N7/c1-19-13-9-23(10-13)16-15-14(20-17(18)21-16)11-24(22-15)8-7-12-5-3-2-4-6-12/h2-6,11,13,19H,7-10H2,1H3,(H2,18,20). The van der Waals surface area contributed by atoms with E-state index in [1.807, 2.05) is 24.0 Å². The summed E-state index contributed by atoms with van der Waals surface area (Å²) in [4.78, 5) is 10.9. The number of aryl methyl sites for hydroxylation is 2. The molecule has 0 amide bonds. The van der Waals surface area contributed by atoms with Crippen LogP contribution in [0.1, 0.15) is 5.56 Å². The molecule has 0 aliphatic carbocycles. The van der Waals surface area contributed by atoms with Crippen molar-refractivity contribution in [3.8, 4) is 0 Å². The third-order valence-corrected chi connectivity index (χ3v) is 4.47. The zero-order chi connectivity index (χ0) is 16.5. The van der Waals surface area contributed by atoms with Gasteiger partial charge in [0, 0.05) is 25.7 Å². The van der Waals surface area contributed by atoms with Crippen LogP contribution in [0.2, 0.25) is 0 Å². The van der Waals surface area contributed by atoms with Gasteiger partial charge in [0.15, 0.2) is 11.3 Å². The molecule has 0 unspecified atom stereocenters. The number of fused-ring (bicyclic) bond motifs is 1. The van der Waals surface area contributed by atoms with E-state index >= 15 is 0 Å². The molecule has 1 saturated heterocycles. The van der Waals surface area contributed by atoms with Gasteiger partial charge in [-0.15, -0.1) is 0 Å². The molecule has 4 rings (SSSR count). The van der Waals surface area contributed by atoms with Crippen molar-refractivity contribution in [1.29, 1.82) is 0 Å². The first-order chi connectivity index (χ1) is 11.7. The van der Waals surface area contributed by atoms with Crippen LogP contribution in [0.15, 0.2) is 36.5 Å². The van der Waals surface area contributed by atoms with Crippen molar-refractivity contribution in [1.82, 2.24) is 25.1 Å². The molecule has 7 heteroatoms. The highest BCUT2D eigenvalue weighted by atomic mass is 15.3. The molecule has 24 heavy (non-hydrogen) atoms. The van der Waals surface area contributed by atoms with Crippen molar-refractivity contribution in [2.24, 2.45) is 0 Å². The fraction of sp³-hybridized carbons (Fsp3) is 0.353. The van der Waals surface area contributed by atoms with Crippen molar-refractivity contribution in [3.63, 3.8) is 0 Å². The lowest BCUT2D eigenvalue weighted by atomic mass is 10.1. The van der Waals surface area contributed by atoms with Crippen LogP contribution in [-0.2, 0) is 13.0 Å². The summed E-state index contributed by atoms with van der Waals surface area (Å²) in [5.41, 5.74) is 8.81. The van der Waals surface area contributed by atoms with Gasteiger partial charge in [-0.3, -0.25) is 4.68 Å². The number of nitrogens with one attached hydrogen (secondary N) is 1. The Hall–Kier alpha value is -2.67. The van der Waals surface area contributed by atoms with Crippen LogP contribution in [0.5, 0.6) is 0 Å². The average molecular weight is 323 g/mol. The van der Waals surface area contributed by atoms with Gasteiger partial charge in [0.1, 0.15) is 5.52 Å². The molecule has 0 saturated carbocycles. The van der Waals surface area contributed by atoms with Crippen LogP contribution < -0.4 is 16.0 Å². The Morgan fingerprint density at radius 3 is 2.75 bits per heavy atom. The van der Waals surface area contributed by atoms with Gasteiger partial charge in [-0.2, -0.15) is 10.1 Å². The highest BCUT2D eigenvalue weighted by molar-refractivity contribution is 5.86. The summed E-state index contributed by atoms with van der Waals surface area (Å²) in [6.07, 6.45) is 2.88. The average Bonchev–Trinajstić information content (AvgIpc) is 2.95. The van der Waals surface area contributed by atoms with Gasteiger partial charge in [-0.25, -0.2) is 4.98 Å². The Morgan fingerprint density at radius 1 is 1.21 bits per heavy atom. The van der Waals surface area contributed by atoms with E-state index in [2.05, 4.69) is 44.5 Å². The number of hydrogen-bond donors (Lipinski definition) is 2. The third-order valence-electron chi connectivity index (χ3n) is 4.47. The quantitative estimate of drug-likeness (QED) is 0.730. The first kappa shape index (κ1) is 14.9. The second-order valence-corrected chi connectivity index (χ2v) is 6.16. The number of aromatic nitrogens is 4. The highest BCUT2D eigenvalue weighted by Gasteiger charge is 2.29. The molecule has 1 fully saturated rings. The van der Waals surface area contributed by atoms with Crippen LogP contribution in [0.3, 0.4) is 0 Å². The van der Waals surface area contributed by atoms with Gasteiger partial charge < -0.3 is 16.0 Å². The Bertz CT molecular complexity index is 837. The summed E-state index contributed by atoms with van der Waals surface area (Å²) in [6.45, 7) is 2.64. The fourth-order valence-electron chi connectivity index (χ4n) is 3.02. The minimum atomic E-state index is 0.299. The molecule has 0 atom stereocenters. The summed E-state index contributed by atoms with van der Waals surface area (Å²) >= 11 is 0. The maximum atomic E-state index is 5.88. The molecule has 1 aliphatic heterocycles. The molecular weight excluding hydrogens is 302 g/mol. The van der Waals surface area contributed by atoms with Gasteiger partial charge in [0.05, 0.1) is 6.20 Å². The Labute approximate surface area is 140 Å². The lowest BCUT2D eigenvalue weighted by molar-refractivity contribution is 0.448. The largest absolute Gasteiger partial charge is 0.368 e. The normalized spacial score (nSPS) is 15.0. The highest BCUT2D eigenvalue weighted by Crippen LogP contribution is 2.27. The van der Waals surface area contributed by atoms with Crippen molar-refractivity contribution in [2.75, 3.05) is 30.8 Å². The van der Waals surface area contributed by atoms with Crippen molar-refractivity contribution in [3.05, 3.63) is 42.1 Å². The summed E-state index contributed by atoms with van der Waals surface area (Å²) in [5.74, 6) is 1.13. The minimum absolute atomic E-state index is 0.299. The van der Waals surface area contributed by atoms with Crippen molar-refractivity contribution >= 4 is 22.8 Å². The summed E-state index contributed by atoms with van der Waals surface area (Å²) in [5, 5.41) is 7.96. The predicted molar refractivity (Wildman–Crippen MR) is 94.9 cm³/mol. The lowest BCUT2D eigenvalue weighted by Crippen LogP contribution is -2.57. The fourth-order valence-corrected chi connectivity index (χ4v) is 3.02. The Kier molecular flexibility index (Phi) is 3.78. The van der Waals surface area contributed by atoms with Crippen molar-refractivity contribution in [2.45, 2.75) is 19.0 Å². The van der Waals surface area contributed by atoms with E-state index in [0.29, 0.717) is 12.0 Å². The zero-order valence-corrected chi connectivity index (χ0v) is 13.7. The molecule has 0 bridgehead atoms. The van der Waals surface area contributed by atoms with Crippen LogP contribution >= 0.6 is 0 Å². The molecule has 1 aromatic carbocycles. The first-order valence-corrected chi connectivity index (χ1v) is 8.20. The van der Waals surface area contributed by atoms with Crippen LogP contribution in [0.25, 0.3) is 11.0 Å². The number of nitrogens with zero attached hydrogens (tertiary/aromatic N) is 5. The van der Waals surface area contributed by atoms with Gasteiger partial charge >= 0.3 is 0 Å². The monoisotopic (exact) mass is 323 g/mol. The number of anilines is 2. The zero-order valence-electron chi connectivity index (χ0n) is 13.7. The van der Waals surface area contributed by atoms with Gasteiger partial charge in [-0.1, -0.05) is 30.3 Å². The molecule has 2 aromatic heterocycles. The molecule has 0 radical (unpaired) electrons. The number of hydrogen-bond acceptors (Lipinski definition) is 6. The van der Waals surface area contributed by atoms with E-state index in [9.17, 15) is 0 Å². The maximum Gasteiger partial charge on any atom is 0.222 e. The van der Waals surface area contributed by atoms with E-state index in [0.717, 1.165) is 42.9 Å². The number of rotatable bonds is 5. The van der Waals surface area contributed by atoms with E-state index in [-0.39, 0.29) is 0 Å². The van der Waals surface area contributed by atoms with Crippen LogP contribution in [0.4, 0.5) is 11.8 Å².